The molecule has 0 saturated carbocycles. The number of aromatic nitrogens is 1. The highest BCUT2D eigenvalue weighted by Gasteiger charge is 2.26. The summed E-state index contributed by atoms with van der Waals surface area (Å²) in [6.45, 7) is 6.81. The van der Waals surface area contributed by atoms with Gasteiger partial charge < -0.3 is 24.7 Å². The van der Waals surface area contributed by atoms with Crippen molar-refractivity contribution in [3.63, 3.8) is 0 Å². The fraction of sp³-hybridized carbons (Fsp3) is 0.333. The Balaban J connectivity index is 1.69. The largest absolute Gasteiger partial charge is 0.508 e. The molecular formula is C24H27N3O5. The van der Waals surface area contributed by atoms with E-state index >= 15 is 0 Å². The molecule has 1 aromatic heterocycles. The quantitative estimate of drug-likeness (QED) is 0.538. The van der Waals surface area contributed by atoms with Crippen LogP contribution in [0, 0.1) is 0 Å². The molecule has 0 unspecified atom stereocenters. The van der Waals surface area contributed by atoms with Gasteiger partial charge in [0.05, 0.1) is 11.1 Å². The van der Waals surface area contributed by atoms with Crippen molar-refractivity contribution in [2.24, 2.45) is 0 Å². The van der Waals surface area contributed by atoms with E-state index in [0.717, 1.165) is 38.3 Å². The number of hydrogen-bond acceptors (Lipinski definition) is 7. The molecule has 1 aliphatic rings. The van der Waals surface area contributed by atoms with Gasteiger partial charge in [-0.2, -0.15) is 0 Å². The number of rotatable bonds is 6. The van der Waals surface area contributed by atoms with Gasteiger partial charge in [-0.15, -0.1) is 0 Å². The van der Waals surface area contributed by atoms with Crippen LogP contribution in [0.5, 0.6) is 11.5 Å². The minimum atomic E-state index is -1.22. The lowest BCUT2D eigenvalue weighted by atomic mass is 9.96. The number of piperazine rings is 1. The van der Waals surface area contributed by atoms with Gasteiger partial charge in [0.15, 0.2) is 11.5 Å². The summed E-state index contributed by atoms with van der Waals surface area (Å²) >= 11 is 0. The Hall–Kier alpha value is -3.36. The van der Waals surface area contributed by atoms with Crippen LogP contribution in [-0.4, -0.2) is 69.5 Å². The van der Waals surface area contributed by atoms with E-state index in [0.29, 0.717) is 23.1 Å². The third-order valence-corrected chi connectivity index (χ3v) is 5.96. The predicted octanol–water partition coefficient (Wildman–Crippen LogP) is 3.43. The Bertz CT molecular complexity index is 1120. The normalized spacial score (nSPS) is 15.2. The van der Waals surface area contributed by atoms with E-state index in [1.807, 2.05) is 31.2 Å². The molecule has 1 fully saturated rings. The molecule has 4 rings (SSSR count). The molecule has 8 heteroatoms. The van der Waals surface area contributed by atoms with Gasteiger partial charge in [-0.05, 0) is 36.2 Å². The van der Waals surface area contributed by atoms with Gasteiger partial charge in [0.1, 0.15) is 11.5 Å². The number of aromatic carboxylic acids is 1. The zero-order valence-corrected chi connectivity index (χ0v) is 18.2. The van der Waals surface area contributed by atoms with Crippen molar-refractivity contribution in [2.75, 3.05) is 33.2 Å². The predicted molar refractivity (Wildman–Crippen MR) is 120 cm³/mol. The fourth-order valence-electron chi connectivity index (χ4n) is 4.02. The summed E-state index contributed by atoms with van der Waals surface area (Å²) in [6, 6.07) is 10.5. The molecule has 1 aliphatic heterocycles. The first-order valence-corrected chi connectivity index (χ1v) is 10.7. The van der Waals surface area contributed by atoms with Gasteiger partial charge >= 0.3 is 5.97 Å². The number of carboxylic acid groups (broad SMARTS) is 1. The molecule has 168 valence electrons. The van der Waals surface area contributed by atoms with Crippen molar-refractivity contribution in [3.8, 4) is 33.9 Å². The van der Waals surface area contributed by atoms with Gasteiger partial charge in [0.25, 0.3) is 0 Å². The smallest absolute Gasteiger partial charge is 0.358 e. The topological polar surface area (TPSA) is 110 Å². The molecular weight excluding hydrogens is 410 g/mol. The summed E-state index contributed by atoms with van der Waals surface area (Å²) in [7, 11) is 2.12. The number of likely N-dealkylation sites (N-methyl/N-ethyl adjacent to an activating group) is 1. The van der Waals surface area contributed by atoms with Gasteiger partial charge in [-0.3, -0.25) is 4.90 Å². The summed E-state index contributed by atoms with van der Waals surface area (Å²) in [6.07, 6.45) is 0.537. The van der Waals surface area contributed by atoms with Crippen LogP contribution in [0.25, 0.3) is 22.5 Å². The molecule has 3 N–H and O–H groups in total. The number of phenols is 2. The van der Waals surface area contributed by atoms with Crippen LogP contribution in [-0.2, 0) is 13.0 Å². The molecule has 0 aliphatic carbocycles. The Kier molecular flexibility index (Phi) is 6.16. The van der Waals surface area contributed by atoms with Gasteiger partial charge in [-0.25, -0.2) is 4.79 Å². The minimum absolute atomic E-state index is 0.0264. The molecule has 1 saturated heterocycles. The Morgan fingerprint density at radius 1 is 1.06 bits per heavy atom. The molecule has 0 bridgehead atoms. The van der Waals surface area contributed by atoms with Crippen molar-refractivity contribution in [3.05, 3.63) is 53.2 Å². The Morgan fingerprint density at radius 2 is 1.75 bits per heavy atom. The lowest BCUT2D eigenvalue weighted by molar-refractivity contribution is 0.0686. The molecule has 32 heavy (non-hydrogen) atoms. The zero-order valence-electron chi connectivity index (χ0n) is 18.2. The maximum atomic E-state index is 11.8. The van der Waals surface area contributed by atoms with E-state index in [2.05, 4.69) is 22.0 Å². The van der Waals surface area contributed by atoms with Crippen LogP contribution < -0.4 is 0 Å². The summed E-state index contributed by atoms with van der Waals surface area (Å²) in [4.78, 5) is 16.5. The first kappa shape index (κ1) is 21.9. The van der Waals surface area contributed by atoms with E-state index in [1.165, 1.54) is 6.07 Å². The van der Waals surface area contributed by atoms with Crippen molar-refractivity contribution in [1.82, 2.24) is 15.0 Å². The highest BCUT2D eigenvalue weighted by atomic mass is 16.5. The Labute approximate surface area is 186 Å². The van der Waals surface area contributed by atoms with E-state index in [9.17, 15) is 20.1 Å². The van der Waals surface area contributed by atoms with E-state index in [4.69, 9.17) is 4.52 Å². The van der Waals surface area contributed by atoms with E-state index in [1.54, 1.807) is 6.07 Å². The van der Waals surface area contributed by atoms with Gasteiger partial charge in [-0.1, -0.05) is 36.3 Å². The second-order valence-corrected chi connectivity index (χ2v) is 8.17. The number of hydrogen-bond donors (Lipinski definition) is 3. The van der Waals surface area contributed by atoms with Gasteiger partial charge in [0, 0.05) is 38.8 Å². The van der Waals surface area contributed by atoms with Gasteiger partial charge in [0.2, 0.25) is 0 Å². The van der Waals surface area contributed by atoms with Crippen LogP contribution in [0.2, 0.25) is 0 Å². The van der Waals surface area contributed by atoms with E-state index in [-0.39, 0.29) is 28.5 Å². The second kappa shape index (κ2) is 9.02. The third-order valence-electron chi connectivity index (χ3n) is 5.96. The number of aryl methyl sites for hydroxylation is 1. The van der Waals surface area contributed by atoms with Crippen LogP contribution in [0.1, 0.15) is 28.5 Å². The van der Waals surface area contributed by atoms with Crippen molar-refractivity contribution < 1.29 is 24.6 Å². The average Bonchev–Trinajstić information content (AvgIpc) is 3.21. The maximum Gasteiger partial charge on any atom is 0.358 e. The van der Waals surface area contributed by atoms with Crippen LogP contribution in [0.15, 0.2) is 40.9 Å². The monoisotopic (exact) mass is 437 g/mol. The zero-order chi connectivity index (χ0) is 22.8. The molecule has 0 amide bonds. The number of benzene rings is 2. The molecule has 0 radical (unpaired) electrons. The molecule has 0 atom stereocenters. The summed E-state index contributed by atoms with van der Waals surface area (Å²) < 4.78 is 5.39. The van der Waals surface area contributed by atoms with Crippen LogP contribution in [0.3, 0.4) is 0 Å². The maximum absolute atomic E-state index is 11.8. The highest BCUT2D eigenvalue weighted by Crippen LogP contribution is 2.41. The highest BCUT2D eigenvalue weighted by molar-refractivity contribution is 5.98. The fourth-order valence-corrected chi connectivity index (χ4v) is 4.02. The number of aromatic hydroxyl groups is 2. The number of phenolic OH excluding ortho intramolecular Hbond substituents is 2. The van der Waals surface area contributed by atoms with Crippen LogP contribution >= 0.6 is 0 Å². The third kappa shape index (κ3) is 4.32. The summed E-state index contributed by atoms with van der Waals surface area (Å²) in [5.74, 6) is -1.30. The first-order chi connectivity index (χ1) is 15.4. The second-order valence-electron chi connectivity index (χ2n) is 8.17. The molecule has 2 heterocycles. The lowest BCUT2D eigenvalue weighted by Gasteiger charge is -2.32. The van der Waals surface area contributed by atoms with E-state index < -0.39 is 5.97 Å². The minimum Gasteiger partial charge on any atom is -0.508 e. The Morgan fingerprint density at radius 3 is 2.38 bits per heavy atom. The molecule has 0 spiro atoms. The molecule has 8 nitrogen and oxygen atoms in total. The number of nitrogens with zero attached hydrogens (tertiary/aromatic N) is 3. The SMILES string of the molecule is CCc1cc(-c2onc(C(=O)O)c2-c2ccc(CN3CCN(C)CC3)cc2)c(O)cc1O. The first-order valence-electron chi connectivity index (χ1n) is 10.7. The number of carbonyl (C=O) groups is 1. The lowest BCUT2D eigenvalue weighted by Crippen LogP contribution is -2.43. The standard InChI is InChI=1S/C24H27N3O5/c1-3-16-12-18(20(29)13-19(16)28)23-21(22(24(30)31)25-32-23)17-6-4-15(5-7-17)14-27-10-8-26(2)9-11-27/h4-7,12-13,28-29H,3,8-11,14H2,1-2H3,(H,30,31). The molecule has 2 aromatic carbocycles. The van der Waals surface area contributed by atoms with Crippen molar-refractivity contribution >= 4 is 5.97 Å². The van der Waals surface area contributed by atoms with Crippen molar-refractivity contribution in [2.45, 2.75) is 19.9 Å². The number of carboxylic acids is 1. The molecule has 3 aromatic rings. The van der Waals surface area contributed by atoms with Crippen molar-refractivity contribution in [1.29, 1.82) is 0 Å². The summed E-state index contributed by atoms with van der Waals surface area (Å²) in [5, 5.41) is 33.8. The average molecular weight is 437 g/mol. The summed E-state index contributed by atoms with van der Waals surface area (Å²) in [5.41, 5.74) is 2.74. The van der Waals surface area contributed by atoms with Crippen LogP contribution in [0.4, 0.5) is 0 Å².